The van der Waals surface area contributed by atoms with E-state index >= 15 is 0 Å². The van der Waals surface area contributed by atoms with Crippen molar-refractivity contribution in [2.45, 2.75) is 25.2 Å². The summed E-state index contributed by atoms with van der Waals surface area (Å²) in [6.07, 6.45) is 1.06. The summed E-state index contributed by atoms with van der Waals surface area (Å²) >= 11 is 7.06. The summed E-state index contributed by atoms with van der Waals surface area (Å²) in [5.74, 6) is -0.213. The van der Waals surface area contributed by atoms with Gasteiger partial charge in [0, 0.05) is 14.4 Å². The van der Waals surface area contributed by atoms with Crippen LogP contribution in [-0.2, 0) is 15.5 Å². The van der Waals surface area contributed by atoms with Crippen LogP contribution in [0.5, 0.6) is 0 Å². The van der Waals surface area contributed by atoms with E-state index in [-0.39, 0.29) is 40.7 Å². The average molecular weight is 484 g/mol. The number of halogens is 2. The fraction of sp³-hybridized carbons (Fsp3) is 0.294. The molecule has 2 aromatic rings. The van der Waals surface area contributed by atoms with Gasteiger partial charge >= 0.3 is 29.6 Å². The van der Waals surface area contributed by atoms with Crippen LogP contribution in [0.4, 0.5) is 0 Å². The van der Waals surface area contributed by atoms with Crippen molar-refractivity contribution in [3.8, 4) is 11.1 Å². The third-order valence-electron chi connectivity index (χ3n) is 4.52. The Morgan fingerprint density at radius 1 is 1.00 bits per heavy atom. The zero-order chi connectivity index (χ0) is 16.8. The summed E-state index contributed by atoms with van der Waals surface area (Å²) in [6.45, 7) is 2.14. The van der Waals surface area contributed by atoms with Gasteiger partial charge in [0.05, 0.1) is 5.75 Å². The van der Waals surface area contributed by atoms with Gasteiger partial charge in [-0.1, -0.05) is 50.9 Å². The first kappa shape index (κ1) is 20.6. The summed E-state index contributed by atoms with van der Waals surface area (Å²) in [5, 5.41) is 0. The van der Waals surface area contributed by atoms with Crippen LogP contribution in [0.3, 0.4) is 0 Å². The Labute approximate surface area is 181 Å². The molecule has 0 atom stereocenters. The SMILES string of the molecule is CC1(CCCS(=O)(=O)O)c2cc(Br)ccc2-c2ccc(Br)cc21.[NaH]. The Morgan fingerprint density at radius 2 is 1.46 bits per heavy atom. The van der Waals surface area contributed by atoms with Gasteiger partial charge in [-0.2, -0.15) is 8.42 Å². The first-order valence-corrected chi connectivity index (χ1v) is 10.5. The van der Waals surface area contributed by atoms with Crippen molar-refractivity contribution in [1.29, 1.82) is 0 Å². The Kier molecular flexibility index (Phi) is 6.45. The molecule has 124 valence electrons. The Balaban J connectivity index is 0.00000208. The van der Waals surface area contributed by atoms with Gasteiger partial charge in [-0.15, -0.1) is 0 Å². The van der Waals surface area contributed by atoms with Crippen molar-refractivity contribution >= 4 is 71.5 Å². The molecule has 0 aromatic heterocycles. The summed E-state index contributed by atoms with van der Waals surface area (Å²) < 4.78 is 33.1. The van der Waals surface area contributed by atoms with Crippen LogP contribution in [0.1, 0.15) is 30.9 Å². The second-order valence-electron chi connectivity index (χ2n) is 6.10. The van der Waals surface area contributed by atoms with Crippen LogP contribution < -0.4 is 0 Å². The molecular formula is C17H17Br2NaO3S. The predicted molar refractivity (Wildman–Crippen MR) is 107 cm³/mol. The van der Waals surface area contributed by atoms with Gasteiger partial charge in [0.2, 0.25) is 0 Å². The molecule has 0 amide bonds. The molecule has 0 fully saturated rings. The molecule has 0 saturated heterocycles. The molecule has 7 heteroatoms. The molecule has 0 saturated carbocycles. The van der Waals surface area contributed by atoms with E-state index in [1.807, 2.05) is 12.1 Å². The zero-order valence-corrected chi connectivity index (χ0v) is 16.5. The second kappa shape index (κ2) is 7.51. The fourth-order valence-corrected chi connectivity index (χ4v) is 4.67. The number of benzene rings is 2. The maximum absolute atomic E-state index is 11.0. The van der Waals surface area contributed by atoms with Crippen molar-refractivity contribution in [2.75, 3.05) is 5.75 Å². The van der Waals surface area contributed by atoms with E-state index in [0.29, 0.717) is 12.8 Å². The Morgan fingerprint density at radius 3 is 1.88 bits per heavy atom. The van der Waals surface area contributed by atoms with Crippen LogP contribution >= 0.6 is 31.9 Å². The van der Waals surface area contributed by atoms with Gasteiger partial charge in [0.15, 0.2) is 0 Å². The summed E-state index contributed by atoms with van der Waals surface area (Å²) in [7, 11) is -3.93. The molecule has 1 aliphatic carbocycles. The van der Waals surface area contributed by atoms with E-state index in [4.69, 9.17) is 4.55 Å². The minimum atomic E-state index is -3.93. The molecule has 1 N–H and O–H groups in total. The van der Waals surface area contributed by atoms with Crippen molar-refractivity contribution in [2.24, 2.45) is 0 Å². The standard InChI is InChI=1S/C17H16Br2O3S.Na.H/c1-17(7-2-8-23(20,21)22)15-9-11(18)3-5-13(15)14-6-4-12(19)10-16(14)17;;/h3-6,9-10H,2,7-8H2,1H3,(H,20,21,22);;. The van der Waals surface area contributed by atoms with Crippen molar-refractivity contribution in [3.05, 3.63) is 56.5 Å². The molecule has 2 aromatic carbocycles. The number of hydrogen-bond acceptors (Lipinski definition) is 2. The van der Waals surface area contributed by atoms with E-state index in [1.165, 1.54) is 22.3 Å². The molecule has 0 heterocycles. The van der Waals surface area contributed by atoms with Crippen LogP contribution in [0, 0.1) is 0 Å². The Bertz CT molecular complexity index is 830. The quantitative estimate of drug-likeness (QED) is 0.513. The van der Waals surface area contributed by atoms with Gasteiger partial charge in [0.25, 0.3) is 10.1 Å². The van der Waals surface area contributed by atoms with E-state index < -0.39 is 10.1 Å². The molecule has 0 radical (unpaired) electrons. The van der Waals surface area contributed by atoms with Gasteiger partial charge in [-0.25, -0.2) is 0 Å². The second-order valence-corrected chi connectivity index (χ2v) is 9.50. The van der Waals surface area contributed by atoms with Gasteiger partial charge in [0.1, 0.15) is 0 Å². The van der Waals surface area contributed by atoms with Crippen LogP contribution in [0.15, 0.2) is 45.3 Å². The molecule has 0 spiro atoms. The monoisotopic (exact) mass is 482 g/mol. The Hall–Kier alpha value is 0.310. The van der Waals surface area contributed by atoms with E-state index in [0.717, 1.165) is 8.95 Å². The van der Waals surface area contributed by atoms with E-state index in [1.54, 1.807) is 0 Å². The first-order valence-electron chi connectivity index (χ1n) is 7.26. The molecule has 0 unspecified atom stereocenters. The van der Waals surface area contributed by atoms with Gasteiger partial charge in [-0.3, -0.25) is 4.55 Å². The molecular weight excluding hydrogens is 467 g/mol. The summed E-state index contributed by atoms with van der Waals surface area (Å²) in [6, 6.07) is 12.5. The zero-order valence-electron chi connectivity index (χ0n) is 12.5. The molecule has 24 heavy (non-hydrogen) atoms. The third kappa shape index (κ3) is 4.00. The summed E-state index contributed by atoms with van der Waals surface area (Å²) in [4.78, 5) is 0. The van der Waals surface area contributed by atoms with E-state index in [9.17, 15) is 8.42 Å². The van der Waals surface area contributed by atoms with Gasteiger partial charge < -0.3 is 0 Å². The van der Waals surface area contributed by atoms with Crippen LogP contribution in [-0.4, -0.2) is 48.3 Å². The normalized spacial score (nSPS) is 14.7. The van der Waals surface area contributed by atoms with Gasteiger partial charge in [-0.05, 0) is 59.4 Å². The van der Waals surface area contributed by atoms with Crippen molar-refractivity contribution in [1.82, 2.24) is 0 Å². The molecule has 1 aliphatic rings. The third-order valence-corrected chi connectivity index (χ3v) is 6.31. The topological polar surface area (TPSA) is 54.4 Å². The molecule has 0 aliphatic heterocycles. The van der Waals surface area contributed by atoms with Crippen molar-refractivity contribution < 1.29 is 13.0 Å². The van der Waals surface area contributed by atoms with Crippen molar-refractivity contribution in [3.63, 3.8) is 0 Å². The van der Waals surface area contributed by atoms with E-state index in [2.05, 4.69) is 63.0 Å². The van der Waals surface area contributed by atoms with Crippen LogP contribution in [0.2, 0.25) is 0 Å². The molecule has 0 bridgehead atoms. The molecule has 3 rings (SSSR count). The minimum absolute atomic E-state index is 0. The summed E-state index contributed by atoms with van der Waals surface area (Å²) in [5.41, 5.74) is 4.48. The fourth-order valence-electron chi connectivity index (χ4n) is 3.44. The maximum atomic E-state index is 11.0. The van der Waals surface area contributed by atoms with Crippen LogP contribution in [0.25, 0.3) is 11.1 Å². The number of hydrogen-bond donors (Lipinski definition) is 1. The predicted octanol–water partition coefficient (Wildman–Crippen LogP) is 4.52. The number of fused-ring (bicyclic) bond motifs is 3. The first-order chi connectivity index (χ1) is 10.7. The molecule has 3 nitrogen and oxygen atoms in total. The number of rotatable bonds is 4. The average Bonchev–Trinajstić information content (AvgIpc) is 2.67.